The van der Waals surface area contributed by atoms with E-state index in [1.54, 1.807) is 18.2 Å². The second-order valence-electron chi connectivity index (χ2n) is 4.98. The number of amides is 1. The quantitative estimate of drug-likeness (QED) is 0.852. The average Bonchev–Trinajstić information content (AvgIpc) is 2.42. The first-order valence-corrected chi connectivity index (χ1v) is 6.96. The fourth-order valence-electron chi connectivity index (χ4n) is 2.00. The molecule has 0 saturated carbocycles. The minimum Gasteiger partial charge on any atom is -0.399 e. The number of nitrogen functional groups attached to an aromatic ring is 1. The predicted octanol–water partition coefficient (Wildman–Crippen LogP) is 3.31. The summed E-state index contributed by atoms with van der Waals surface area (Å²) in [5.74, 6) is -0.147. The first-order chi connectivity index (χ1) is 9.95. The molecule has 0 aliphatic heterocycles. The molecule has 2 rings (SSSR count). The van der Waals surface area contributed by atoms with Crippen molar-refractivity contribution in [3.8, 4) is 0 Å². The van der Waals surface area contributed by atoms with Crippen LogP contribution in [0, 0.1) is 6.92 Å². The molecule has 0 unspecified atom stereocenters. The maximum atomic E-state index is 12.1. The van der Waals surface area contributed by atoms with Crippen LogP contribution in [0.4, 0.5) is 17.1 Å². The van der Waals surface area contributed by atoms with Gasteiger partial charge in [-0.25, -0.2) is 0 Å². The first kappa shape index (κ1) is 15.2. The zero-order valence-electron chi connectivity index (χ0n) is 12.1. The third-order valence-electron chi connectivity index (χ3n) is 3.09. The summed E-state index contributed by atoms with van der Waals surface area (Å²) < 4.78 is 0. The third kappa shape index (κ3) is 4.13. The summed E-state index contributed by atoms with van der Waals surface area (Å²) in [5, 5.41) is 3.24. The fourth-order valence-corrected chi connectivity index (χ4v) is 2.17. The lowest BCUT2D eigenvalue weighted by Crippen LogP contribution is -2.30. The van der Waals surface area contributed by atoms with Crippen LogP contribution < -0.4 is 16.0 Å². The maximum Gasteiger partial charge on any atom is 0.243 e. The van der Waals surface area contributed by atoms with E-state index in [-0.39, 0.29) is 12.5 Å². The number of aryl methyl sites for hydroxylation is 1. The topological polar surface area (TPSA) is 58.4 Å². The van der Waals surface area contributed by atoms with Crippen molar-refractivity contribution in [1.82, 2.24) is 0 Å². The summed E-state index contributed by atoms with van der Waals surface area (Å²) in [6.45, 7) is 2.25. The van der Waals surface area contributed by atoms with E-state index >= 15 is 0 Å². The van der Waals surface area contributed by atoms with Gasteiger partial charge >= 0.3 is 0 Å². The molecule has 4 nitrogen and oxygen atoms in total. The van der Waals surface area contributed by atoms with Gasteiger partial charge in [0.2, 0.25) is 5.91 Å². The Morgan fingerprint density at radius 2 is 2.05 bits per heavy atom. The number of carbonyl (C=O) groups is 1. The number of benzene rings is 2. The molecule has 3 N–H and O–H groups in total. The molecule has 0 radical (unpaired) electrons. The van der Waals surface area contributed by atoms with Crippen molar-refractivity contribution in [2.24, 2.45) is 0 Å². The summed E-state index contributed by atoms with van der Waals surface area (Å²) >= 11 is 6.03. The molecule has 110 valence electrons. The van der Waals surface area contributed by atoms with Crippen LogP contribution in [0.15, 0.2) is 42.5 Å². The standard InChI is InChI=1S/C16H18ClN3O/c1-11-4-3-5-13(8-11)20(2)10-16(21)19-15-9-12(18)6-7-14(15)17/h3-9H,10,18H2,1-2H3,(H,19,21). The Morgan fingerprint density at radius 3 is 2.76 bits per heavy atom. The lowest BCUT2D eigenvalue weighted by molar-refractivity contribution is -0.114. The predicted molar refractivity (Wildman–Crippen MR) is 88.9 cm³/mol. The Kier molecular flexibility index (Phi) is 4.70. The molecule has 1 amide bonds. The minimum atomic E-state index is -0.147. The van der Waals surface area contributed by atoms with Crippen LogP contribution in [0.1, 0.15) is 5.56 Å². The molecule has 2 aromatic rings. The van der Waals surface area contributed by atoms with Gasteiger partial charge in [0, 0.05) is 18.4 Å². The van der Waals surface area contributed by atoms with Crippen molar-refractivity contribution in [2.75, 3.05) is 29.5 Å². The third-order valence-corrected chi connectivity index (χ3v) is 3.42. The molecule has 0 spiro atoms. The van der Waals surface area contributed by atoms with Gasteiger partial charge in [-0.15, -0.1) is 0 Å². The van der Waals surface area contributed by atoms with Gasteiger partial charge in [0.05, 0.1) is 17.3 Å². The number of nitrogens with one attached hydrogen (secondary N) is 1. The van der Waals surface area contributed by atoms with Crippen LogP contribution in [0.2, 0.25) is 5.02 Å². The molecule has 0 aliphatic rings. The lowest BCUT2D eigenvalue weighted by atomic mass is 10.2. The Morgan fingerprint density at radius 1 is 1.29 bits per heavy atom. The van der Waals surface area contributed by atoms with E-state index in [0.717, 1.165) is 11.3 Å². The Labute approximate surface area is 129 Å². The summed E-state index contributed by atoms with van der Waals surface area (Å²) in [6.07, 6.45) is 0. The maximum absolute atomic E-state index is 12.1. The van der Waals surface area contributed by atoms with E-state index in [2.05, 4.69) is 5.32 Å². The van der Waals surface area contributed by atoms with Gasteiger partial charge < -0.3 is 16.0 Å². The highest BCUT2D eigenvalue weighted by atomic mass is 35.5. The number of anilines is 3. The highest BCUT2D eigenvalue weighted by Crippen LogP contribution is 2.24. The van der Waals surface area contributed by atoms with Gasteiger partial charge in [-0.3, -0.25) is 4.79 Å². The first-order valence-electron chi connectivity index (χ1n) is 6.58. The summed E-state index contributed by atoms with van der Waals surface area (Å²) in [5.41, 5.74) is 8.92. The van der Waals surface area contributed by atoms with Gasteiger partial charge in [-0.05, 0) is 42.8 Å². The van der Waals surface area contributed by atoms with E-state index in [1.807, 2.05) is 43.1 Å². The van der Waals surface area contributed by atoms with Crippen LogP contribution >= 0.6 is 11.6 Å². The van der Waals surface area contributed by atoms with E-state index < -0.39 is 0 Å². The monoisotopic (exact) mass is 303 g/mol. The number of hydrogen-bond donors (Lipinski definition) is 2. The van der Waals surface area contributed by atoms with E-state index in [1.165, 1.54) is 0 Å². The lowest BCUT2D eigenvalue weighted by Gasteiger charge is -2.19. The number of likely N-dealkylation sites (N-methyl/N-ethyl adjacent to an activating group) is 1. The van der Waals surface area contributed by atoms with Crippen molar-refractivity contribution in [3.63, 3.8) is 0 Å². The van der Waals surface area contributed by atoms with Gasteiger partial charge in [0.25, 0.3) is 0 Å². The zero-order valence-corrected chi connectivity index (χ0v) is 12.8. The highest BCUT2D eigenvalue weighted by molar-refractivity contribution is 6.33. The molecule has 0 aliphatic carbocycles. The normalized spacial score (nSPS) is 10.2. The van der Waals surface area contributed by atoms with Gasteiger partial charge in [0.15, 0.2) is 0 Å². The van der Waals surface area contributed by atoms with Crippen LogP contribution in [0.25, 0.3) is 0 Å². The van der Waals surface area contributed by atoms with Crippen LogP contribution in [0.3, 0.4) is 0 Å². The van der Waals surface area contributed by atoms with E-state index in [0.29, 0.717) is 16.4 Å². The van der Waals surface area contributed by atoms with Crippen molar-refractivity contribution < 1.29 is 4.79 Å². The largest absolute Gasteiger partial charge is 0.399 e. The SMILES string of the molecule is Cc1cccc(N(C)CC(=O)Nc2cc(N)ccc2Cl)c1. The van der Waals surface area contributed by atoms with Crippen molar-refractivity contribution in [1.29, 1.82) is 0 Å². The molecule has 0 atom stereocenters. The van der Waals surface area contributed by atoms with Gasteiger partial charge in [0.1, 0.15) is 0 Å². The molecule has 5 heteroatoms. The number of nitrogens with two attached hydrogens (primary N) is 1. The summed E-state index contributed by atoms with van der Waals surface area (Å²) in [6, 6.07) is 13.0. The van der Waals surface area contributed by atoms with Crippen molar-refractivity contribution in [2.45, 2.75) is 6.92 Å². The molecular formula is C16H18ClN3O. The average molecular weight is 304 g/mol. The number of nitrogens with zero attached hydrogens (tertiary/aromatic N) is 1. The van der Waals surface area contributed by atoms with E-state index in [9.17, 15) is 4.79 Å². The molecule has 0 heterocycles. The molecule has 21 heavy (non-hydrogen) atoms. The molecular weight excluding hydrogens is 286 g/mol. The number of hydrogen-bond acceptors (Lipinski definition) is 3. The number of carbonyl (C=O) groups excluding carboxylic acids is 1. The zero-order chi connectivity index (χ0) is 15.4. The molecule has 0 bridgehead atoms. The molecule has 2 aromatic carbocycles. The van der Waals surface area contributed by atoms with Crippen molar-refractivity contribution in [3.05, 3.63) is 53.1 Å². The Bertz CT molecular complexity index is 658. The number of halogens is 1. The minimum absolute atomic E-state index is 0.147. The summed E-state index contributed by atoms with van der Waals surface area (Å²) in [7, 11) is 1.87. The second-order valence-corrected chi connectivity index (χ2v) is 5.39. The molecule has 0 fully saturated rings. The molecule has 0 saturated heterocycles. The smallest absolute Gasteiger partial charge is 0.243 e. The molecule has 0 aromatic heterocycles. The number of rotatable bonds is 4. The fraction of sp³-hybridized carbons (Fsp3) is 0.188. The highest BCUT2D eigenvalue weighted by Gasteiger charge is 2.10. The Balaban J connectivity index is 2.03. The second kappa shape index (κ2) is 6.50. The summed E-state index contributed by atoms with van der Waals surface area (Å²) in [4.78, 5) is 14.0. The van der Waals surface area contributed by atoms with Gasteiger partial charge in [-0.2, -0.15) is 0 Å². The van der Waals surface area contributed by atoms with Crippen LogP contribution in [-0.2, 0) is 4.79 Å². The van der Waals surface area contributed by atoms with Crippen LogP contribution in [0.5, 0.6) is 0 Å². The Hall–Kier alpha value is -2.20. The van der Waals surface area contributed by atoms with Crippen molar-refractivity contribution >= 4 is 34.6 Å². The van der Waals surface area contributed by atoms with E-state index in [4.69, 9.17) is 17.3 Å². The van der Waals surface area contributed by atoms with Gasteiger partial charge in [-0.1, -0.05) is 23.7 Å². The van der Waals surface area contributed by atoms with Crippen LogP contribution in [-0.4, -0.2) is 19.5 Å².